The molecule has 1 amide bonds. The van der Waals surface area contributed by atoms with Crippen LogP contribution in [0.1, 0.15) is 18.0 Å². The van der Waals surface area contributed by atoms with E-state index in [4.69, 9.17) is 5.53 Å². The molecule has 2 aromatic heterocycles. The molecule has 2 aliphatic rings. The van der Waals surface area contributed by atoms with Crippen LogP contribution in [0.2, 0.25) is 0 Å². The minimum Gasteiger partial charge on any atom is -0.389 e. The Labute approximate surface area is 188 Å². The average molecular weight is 449 g/mol. The number of carbonyl (C=O) groups is 1. The number of benzene rings is 1. The second kappa shape index (κ2) is 8.00. The summed E-state index contributed by atoms with van der Waals surface area (Å²) in [6, 6.07) is 9.34. The van der Waals surface area contributed by atoms with E-state index in [1.54, 1.807) is 4.57 Å². The first kappa shape index (κ1) is 21.1. The lowest BCUT2D eigenvalue weighted by Crippen LogP contribution is -2.41. The molecule has 0 aliphatic heterocycles. The number of azide groups is 1. The van der Waals surface area contributed by atoms with Crippen molar-refractivity contribution in [3.05, 3.63) is 52.7 Å². The Balaban J connectivity index is 1.49. The normalized spacial score (nSPS) is 27.6. The van der Waals surface area contributed by atoms with E-state index in [0.29, 0.717) is 29.9 Å². The molecular formula is C21H23N9O3. The number of hydrogen-bond donors (Lipinski definition) is 4. The third kappa shape index (κ3) is 3.27. The number of aliphatic hydroxyl groups excluding tert-OH is 2. The second-order valence-corrected chi connectivity index (χ2v) is 8.40. The van der Waals surface area contributed by atoms with Gasteiger partial charge in [0.15, 0.2) is 11.5 Å². The maximum absolute atomic E-state index is 12.4. The fraction of sp³-hybridized carbons (Fsp3) is 0.429. The van der Waals surface area contributed by atoms with Crippen molar-refractivity contribution in [2.45, 2.75) is 31.1 Å². The summed E-state index contributed by atoms with van der Waals surface area (Å²) in [5, 5.41) is 30.8. The minimum absolute atomic E-state index is 0.0876. The van der Waals surface area contributed by atoms with Gasteiger partial charge in [0.05, 0.1) is 23.9 Å². The van der Waals surface area contributed by atoms with Gasteiger partial charge in [-0.2, -0.15) is 0 Å². The first-order valence-corrected chi connectivity index (χ1v) is 10.7. The summed E-state index contributed by atoms with van der Waals surface area (Å²) in [6.45, 7) is 0.561. The summed E-state index contributed by atoms with van der Waals surface area (Å²) in [6.07, 6.45) is 0.331. The summed E-state index contributed by atoms with van der Waals surface area (Å²) < 4.78 is 1.64. The Bertz CT molecular complexity index is 1260. The van der Waals surface area contributed by atoms with E-state index >= 15 is 0 Å². The topological polar surface area (TPSA) is 174 Å². The lowest BCUT2D eigenvalue weighted by atomic mass is 9.98. The van der Waals surface area contributed by atoms with Gasteiger partial charge in [-0.3, -0.25) is 4.79 Å². The van der Waals surface area contributed by atoms with Crippen LogP contribution in [0.15, 0.2) is 41.8 Å². The third-order valence-electron chi connectivity index (χ3n) is 6.74. The van der Waals surface area contributed by atoms with Crippen LogP contribution in [0.25, 0.3) is 21.6 Å². The van der Waals surface area contributed by atoms with Crippen LogP contribution in [0, 0.1) is 11.3 Å². The van der Waals surface area contributed by atoms with Gasteiger partial charge in [-0.05, 0) is 29.1 Å². The maximum Gasteiger partial charge on any atom is 0.229 e. The predicted molar refractivity (Wildman–Crippen MR) is 118 cm³/mol. The number of nitrogens with zero attached hydrogens (tertiary/aromatic N) is 7. The van der Waals surface area contributed by atoms with E-state index in [1.165, 1.54) is 13.4 Å². The Morgan fingerprint density at radius 3 is 2.85 bits per heavy atom. The van der Waals surface area contributed by atoms with Crippen molar-refractivity contribution < 1.29 is 15.0 Å². The summed E-state index contributed by atoms with van der Waals surface area (Å²) in [4.78, 5) is 28.3. The second-order valence-electron chi connectivity index (χ2n) is 8.40. The Morgan fingerprint density at radius 2 is 2.12 bits per heavy atom. The molecule has 2 aliphatic carbocycles. The zero-order valence-corrected chi connectivity index (χ0v) is 17.8. The lowest BCUT2D eigenvalue weighted by Gasteiger charge is -2.23. The standard InChI is InChI=1S/C21H23N9O3/c1-23-19(33)21-9-12(21)14(15(31)16(21)32)30-10-25-13-17(26-20(28-29-22)27-18(13)30)24-8-7-11-5-3-2-4-6-11/h2-6,10,12,14-16,31-32H,7-9H2,1H3,(H,23,33)(H,24,26,27)/t12-,14-,15+,16+,21+/m1/s1. The molecule has 0 bridgehead atoms. The average Bonchev–Trinajstić information content (AvgIpc) is 3.36. The number of rotatable bonds is 7. The molecule has 0 radical (unpaired) electrons. The van der Waals surface area contributed by atoms with Crippen molar-refractivity contribution in [3.8, 4) is 0 Å². The monoisotopic (exact) mass is 449 g/mol. The van der Waals surface area contributed by atoms with Crippen molar-refractivity contribution in [3.63, 3.8) is 0 Å². The maximum atomic E-state index is 12.4. The Morgan fingerprint density at radius 1 is 1.33 bits per heavy atom. The highest BCUT2D eigenvalue weighted by Crippen LogP contribution is 2.67. The molecule has 2 heterocycles. The van der Waals surface area contributed by atoms with Crippen LogP contribution in [-0.4, -0.2) is 61.4 Å². The molecule has 33 heavy (non-hydrogen) atoms. The largest absolute Gasteiger partial charge is 0.389 e. The number of hydrogen-bond acceptors (Lipinski definition) is 8. The van der Waals surface area contributed by atoms with Crippen molar-refractivity contribution in [1.29, 1.82) is 0 Å². The molecular weight excluding hydrogens is 426 g/mol. The van der Waals surface area contributed by atoms with E-state index in [0.717, 1.165) is 12.0 Å². The number of aromatic nitrogens is 4. The van der Waals surface area contributed by atoms with Crippen LogP contribution in [0.3, 0.4) is 0 Å². The molecule has 5 rings (SSSR count). The smallest absolute Gasteiger partial charge is 0.229 e. The molecule has 12 nitrogen and oxygen atoms in total. The van der Waals surface area contributed by atoms with Gasteiger partial charge in [0.2, 0.25) is 11.9 Å². The van der Waals surface area contributed by atoms with Gasteiger partial charge in [-0.15, -0.1) is 0 Å². The lowest BCUT2D eigenvalue weighted by molar-refractivity contribution is -0.132. The van der Waals surface area contributed by atoms with Crippen molar-refractivity contribution in [2.75, 3.05) is 18.9 Å². The molecule has 0 unspecified atom stereocenters. The number of nitrogens with one attached hydrogen (secondary N) is 2. The number of imidazole rings is 1. The number of carbonyl (C=O) groups excluding carboxylic acids is 1. The van der Waals surface area contributed by atoms with Crippen LogP contribution in [-0.2, 0) is 11.2 Å². The van der Waals surface area contributed by atoms with Crippen molar-refractivity contribution in [1.82, 2.24) is 24.8 Å². The third-order valence-corrected chi connectivity index (χ3v) is 6.74. The molecule has 12 heteroatoms. The van der Waals surface area contributed by atoms with Gasteiger partial charge >= 0.3 is 0 Å². The molecule has 1 aromatic carbocycles. The van der Waals surface area contributed by atoms with Crippen molar-refractivity contribution >= 4 is 28.8 Å². The molecule has 2 fully saturated rings. The van der Waals surface area contributed by atoms with E-state index in [9.17, 15) is 15.0 Å². The number of amides is 1. The summed E-state index contributed by atoms with van der Waals surface area (Å²) in [5.74, 6) is -0.250. The Hall–Kier alpha value is -3.73. The molecule has 3 aromatic rings. The molecule has 5 atom stereocenters. The van der Waals surface area contributed by atoms with Crippen molar-refractivity contribution in [2.24, 2.45) is 16.4 Å². The summed E-state index contributed by atoms with van der Waals surface area (Å²) in [7, 11) is 1.51. The van der Waals surface area contributed by atoms with E-state index in [2.05, 4.69) is 35.6 Å². The highest BCUT2D eigenvalue weighted by Gasteiger charge is 2.75. The molecule has 170 valence electrons. The fourth-order valence-corrected chi connectivity index (χ4v) is 5.09. The van der Waals surface area contributed by atoms with Gasteiger partial charge in [-0.25, -0.2) is 15.0 Å². The van der Waals surface area contributed by atoms with E-state index in [-0.39, 0.29) is 17.8 Å². The van der Waals surface area contributed by atoms with E-state index < -0.39 is 23.7 Å². The van der Waals surface area contributed by atoms with Crippen LogP contribution < -0.4 is 10.6 Å². The molecule has 2 saturated carbocycles. The fourth-order valence-electron chi connectivity index (χ4n) is 5.09. The summed E-state index contributed by atoms with van der Waals surface area (Å²) in [5.41, 5.74) is 9.83. The SMILES string of the molecule is CNC(=O)[C@@]12C[C@@H]1[C@@H](n1cnc3c(NCCc4ccccc4)nc(N=[N+]=[N-])nc31)[C@H](O)[C@@H]2O. The van der Waals surface area contributed by atoms with Gasteiger partial charge < -0.3 is 25.4 Å². The zero-order valence-electron chi connectivity index (χ0n) is 17.8. The first-order chi connectivity index (χ1) is 16.0. The van der Waals surface area contributed by atoms with Crippen LogP contribution in [0.4, 0.5) is 11.8 Å². The number of aliphatic hydroxyl groups is 2. The Kier molecular flexibility index (Phi) is 5.12. The predicted octanol–water partition coefficient (Wildman–Crippen LogP) is 1.45. The molecule has 4 N–H and O–H groups in total. The van der Waals surface area contributed by atoms with Gasteiger partial charge in [0.25, 0.3) is 0 Å². The quantitative estimate of drug-likeness (QED) is 0.240. The van der Waals surface area contributed by atoms with E-state index in [1.807, 2.05) is 30.3 Å². The summed E-state index contributed by atoms with van der Waals surface area (Å²) >= 11 is 0. The van der Waals surface area contributed by atoms with Crippen LogP contribution >= 0.6 is 0 Å². The minimum atomic E-state index is -1.20. The highest BCUT2D eigenvalue weighted by atomic mass is 16.3. The number of fused-ring (bicyclic) bond motifs is 2. The molecule has 0 saturated heterocycles. The first-order valence-electron chi connectivity index (χ1n) is 10.7. The van der Waals surface area contributed by atoms with Gasteiger partial charge in [0, 0.05) is 24.4 Å². The molecule has 0 spiro atoms. The van der Waals surface area contributed by atoms with Crippen LogP contribution in [0.5, 0.6) is 0 Å². The number of anilines is 1. The zero-order chi connectivity index (χ0) is 23.2. The van der Waals surface area contributed by atoms with Gasteiger partial charge in [-0.1, -0.05) is 30.3 Å². The van der Waals surface area contributed by atoms with Gasteiger partial charge in [0.1, 0.15) is 11.6 Å². The highest BCUT2D eigenvalue weighted by molar-refractivity contribution is 5.88.